The number of benzene rings is 1. The number of halogens is 1. The van der Waals surface area contributed by atoms with Crippen LogP contribution in [0.5, 0.6) is 0 Å². The van der Waals surface area contributed by atoms with E-state index < -0.39 is 0 Å². The summed E-state index contributed by atoms with van der Waals surface area (Å²) >= 11 is 5.94. The number of carbonyl (C=O) groups excluding carboxylic acids is 2. The van der Waals surface area contributed by atoms with Crippen LogP contribution < -0.4 is 10.2 Å². The van der Waals surface area contributed by atoms with Gasteiger partial charge in [0.1, 0.15) is 6.54 Å². The quantitative estimate of drug-likeness (QED) is 0.858. The van der Waals surface area contributed by atoms with E-state index in [2.05, 4.69) is 10.2 Å². The number of nitrogens with one attached hydrogen (secondary N) is 1. The fourth-order valence-electron chi connectivity index (χ4n) is 2.90. The van der Waals surface area contributed by atoms with E-state index in [1.165, 1.54) is 4.90 Å². The number of fused-ring (bicyclic) bond motifs is 1. The number of rotatable bonds is 5. The Morgan fingerprint density at radius 2 is 2.09 bits per heavy atom. The number of ether oxygens (including phenoxy) is 1. The Hall–Kier alpha value is -1.63. The summed E-state index contributed by atoms with van der Waals surface area (Å²) in [4.78, 5) is 27.9. The first-order chi connectivity index (χ1) is 11.1. The molecular formula is C16H20ClN3O3. The van der Waals surface area contributed by atoms with Gasteiger partial charge in [-0.2, -0.15) is 0 Å². The smallest absolute Gasteiger partial charge is 0.240 e. The van der Waals surface area contributed by atoms with Crippen molar-refractivity contribution in [3.63, 3.8) is 0 Å². The zero-order valence-corrected chi connectivity index (χ0v) is 13.6. The molecule has 1 aromatic rings. The number of hydrogen-bond acceptors (Lipinski definition) is 4. The predicted molar refractivity (Wildman–Crippen MR) is 87.8 cm³/mol. The molecule has 0 spiro atoms. The predicted octanol–water partition coefficient (Wildman–Crippen LogP) is 0.677. The van der Waals surface area contributed by atoms with Crippen LogP contribution in [0.15, 0.2) is 18.2 Å². The highest BCUT2D eigenvalue weighted by atomic mass is 35.5. The number of hydrogen-bond donors (Lipinski definition) is 1. The summed E-state index contributed by atoms with van der Waals surface area (Å²) in [5, 5.41) is 3.48. The molecule has 0 aliphatic carbocycles. The summed E-state index contributed by atoms with van der Waals surface area (Å²) in [7, 11) is 0. The fraction of sp³-hybridized carbons (Fsp3) is 0.500. The monoisotopic (exact) mass is 337 g/mol. The summed E-state index contributed by atoms with van der Waals surface area (Å²) in [5.41, 5.74) is 1.66. The summed E-state index contributed by atoms with van der Waals surface area (Å²) in [6, 6.07) is 5.32. The fourth-order valence-corrected chi connectivity index (χ4v) is 3.10. The summed E-state index contributed by atoms with van der Waals surface area (Å²) in [5.74, 6) is -0.208. The van der Waals surface area contributed by atoms with Crippen molar-refractivity contribution < 1.29 is 14.3 Å². The minimum Gasteiger partial charge on any atom is -0.379 e. The van der Waals surface area contributed by atoms with Gasteiger partial charge in [0.15, 0.2) is 0 Å². The molecule has 6 nitrogen and oxygen atoms in total. The molecule has 1 N–H and O–H groups in total. The van der Waals surface area contributed by atoms with E-state index in [0.717, 1.165) is 44.1 Å². The summed E-state index contributed by atoms with van der Waals surface area (Å²) in [6.07, 6.45) is 0.303. The molecule has 0 radical (unpaired) electrons. The van der Waals surface area contributed by atoms with Crippen LogP contribution in [0.4, 0.5) is 5.69 Å². The molecule has 2 aliphatic heterocycles. The maximum atomic E-state index is 12.1. The average Bonchev–Trinajstić information content (AvgIpc) is 2.83. The van der Waals surface area contributed by atoms with Crippen molar-refractivity contribution in [2.24, 2.45) is 0 Å². The Morgan fingerprint density at radius 3 is 2.87 bits per heavy atom. The molecule has 0 aromatic heterocycles. The van der Waals surface area contributed by atoms with Crippen molar-refractivity contribution in [1.82, 2.24) is 10.2 Å². The Kier molecular flexibility index (Phi) is 5.15. The normalized spacial score (nSPS) is 18.1. The van der Waals surface area contributed by atoms with Crippen molar-refractivity contribution in [2.75, 3.05) is 50.8 Å². The van der Waals surface area contributed by atoms with Crippen molar-refractivity contribution >= 4 is 29.1 Å². The van der Waals surface area contributed by atoms with Gasteiger partial charge in [0.2, 0.25) is 11.8 Å². The molecule has 1 aromatic carbocycles. The number of carbonyl (C=O) groups is 2. The minimum atomic E-state index is -0.144. The Labute approximate surface area is 140 Å². The second kappa shape index (κ2) is 7.29. The molecule has 0 unspecified atom stereocenters. The van der Waals surface area contributed by atoms with Crippen LogP contribution >= 0.6 is 11.6 Å². The first-order valence-electron chi connectivity index (χ1n) is 7.79. The molecule has 1 fully saturated rings. The zero-order valence-electron chi connectivity index (χ0n) is 12.9. The van der Waals surface area contributed by atoms with E-state index in [9.17, 15) is 9.59 Å². The van der Waals surface area contributed by atoms with Gasteiger partial charge in [-0.05, 0) is 23.8 Å². The molecule has 2 aliphatic rings. The van der Waals surface area contributed by atoms with Gasteiger partial charge in [-0.25, -0.2) is 0 Å². The summed E-state index contributed by atoms with van der Waals surface area (Å²) in [6.45, 7) is 4.72. The lowest BCUT2D eigenvalue weighted by molar-refractivity contribution is -0.123. The average molecular weight is 338 g/mol. The van der Waals surface area contributed by atoms with Gasteiger partial charge in [-0.1, -0.05) is 11.6 Å². The molecule has 1 saturated heterocycles. The standard InChI is InChI=1S/C16H20ClN3O3/c17-13-1-2-14-12(9-13)10-16(22)20(14)11-15(21)18-3-4-19-5-7-23-8-6-19/h1-2,9H,3-8,10-11H2,(H,18,21). The van der Waals surface area contributed by atoms with Crippen molar-refractivity contribution in [3.05, 3.63) is 28.8 Å². The first kappa shape index (κ1) is 16.2. The third-order valence-electron chi connectivity index (χ3n) is 4.13. The molecule has 7 heteroatoms. The second-order valence-electron chi connectivity index (χ2n) is 5.73. The van der Waals surface area contributed by atoms with E-state index in [-0.39, 0.29) is 18.4 Å². The van der Waals surface area contributed by atoms with Gasteiger partial charge in [0.25, 0.3) is 0 Å². The molecule has 124 valence electrons. The molecule has 3 rings (SSSR count). The van der Waals surface area contributed by atoms with E-state index >= 15 is 0 Å². The highest BCUT2D eigenvalue weighted by Crippen LogP contribution is 2.30. The molecule has 0 saturated carbocycles. The van der Waals surface area contributed by atoms with Crippen LogP contribution in [0.2, 0.25) is 5.02 Å². The third kappa shape index (κ3) is 4.02. The van der Waals surface area contributed by atoms with Gasteiger partial charge in [0.05, 0.1) is 19.6 Å². The highest BCUT2D eigenvalue weighted by molar-refractivity contribution is 6.31. The van der Waals surface area contributed by atoms with Crippen molar-refractivity contribution in [3.8, 4) is 0 Å². The van der Waals surface area contributed by atoms with Crippen LogP contribution in [0.1, 0.15) is 5.56 Å². The highest BCUT2D eigenvalue weighted by Gasteiger charge is 2.28. The Morgan fingerprint density at radius 1 is 1.30 bits per heavy atom. The number of morpholine rings is 1. The molecule has 0 bridgehead atoms. The van der Waals surface area contributed by atoms with Gasteiger partial charge >= 0.3 is 0 Å². The lowest BCUT2D eigenvalue weighted by Gasteiger charge is -2.26. The van der Waals surface area contributed by atoms with Gasteiger partial charge in [0, 0.05) is 36.9 Å². The lowest BCUT2D eigenvalue weighted by atomic mass is 10.2. The van der Waals surface area contributed by atoms with E-state index in [1.807, 2.05) is 0 Å². The number of amides is 2. The van der Waals surface area contributed by atoms with Gasteiger partial charge in [-0.3, -0.25) is 14.5 Å². The van der Waals surface area contributed by atoms with Crippen LogP contribution in [0.25, 0.3) is 0 Å². The Balaban J connectivity index is 1.49. The topological polar surface area (TPSA) is 61.9 Å². The minimum absolute atomic E-state index is 0.0522. The largest absolute Gasteiger partial charge is 0.379 e. The van der Waals surface area contributed by atoms with Crippen LogP contribution in [-0.4, -0.2) is 62.7 Å². The zero-order chi connectivity index (χ0) is 16.2. The van der Waals surface area contributed by atoms with E-state index in [1.54, 1.807) is 18.2 Å². The number of anilines is 1. The van der Waals surface area contributed by atoms with Crippen molar-refractivity contribution in [2.45, 2.75) is 6.42 Å². The molecule has 0 atom stereocenters. The third-order valence-corrected chi connectivity index (χ3v) is 4.37. The SMILES string of the molecule is O=C(CN1C(=O)Cc2cc(Cl)ccc21)NCCN1CCOCC1. The maximum absolute atomic E-state index is 12.1. The van der Waals surface area contributed by atoms with Crippen molar-refractivity contribution in [1.29, 1.82) is 0 Å². The molecule has 23 heavy (non-hydrogen) atoms. The van der Waals surface area contributed by atoms with Gasteiger partial charge in [-0.15, -0.1) is 0 Å². The molecule has 2 heterocycles. The van der Waals surface area contributed by atoms with Crippen LogP contribution in [0.3, 0.4) is 0 Å². The van der Waals surface area contributed by atoms with Crippen LogP contribution in [0, 0.1) is 0 Å². The maximum Gasteiger partial charge on any atom is 0.240 e. The van der Waals surface area contributed by atoms with Crippen LogP contribution in [-0.2, 0) is 20.7 Å². The number of nitrogens with zero attached hydrogens (tertiary/aromatic N) is 2. The first-order valence-corrected chi connectivity index (χ1v) is 8.17. The van der Waals surface area contributed by atoms with E-state index in [4.69, 9.17) is 16.3 Å². The van der Waals surface area contributed by atoms with E-state index in [0.29, 0.717) is 18.0 Å². The second-order valence-corrected chi connectivity index (χ2v) is 6.17. The molecular weight excluding hydrogens is 318 g/mol. The molecule has 2 amide bonds. The summed E-state index contributed by atoms with van der Waals surface area (Å²) < 4.78 is 5.29. The lowest BCUT2D eigenvalue weighted by Crippen LogP contribution is -2.44. The van der Waals surface area contributed by atoms with Gasteiger partial charge < -0.3 is 15.0 Å². The Bertz CT molecular complexity index is 602.